The number of aliphatic carboxylic acids is 1. The van der Waals surface area contributed by atoms with Crippen LogP contribution in [-0.2, 0) is 14.6 Å². The molecule has 0 aliphatic heterocycles. The van der Waals surface area contributed by atoms with E-state index in [1.165, 1.54) is 12.1 Å². The van der Waals surface area contributed by atoms with Crippen molar-refractivity contribution in [2.45, 2.75) is 43.0 Å². The van der Waals surface area contributed by atoms with Gasteiger partial charge in [-0.25, -0.2) is 13.2 Å². The predicted octanol–water partition coefficient (Wildman–Crippen LogP) is 1.53. The minimum absolute atomic E-state index is 0.0796. The quantitative estimate of drug-likeness (QED) is 0.874. The molecule has 2 rings (SSSR count). The van der Waals surface area contributed by atoms with Crippen molar-refractivity contribution in [3.8, 4) is 0 Å². The number of benzene rings is 1. The van der Waals surface area contributed by atoms with Gasteiger partial charge in [-0.2, -0.15) is 0 Å². The molecular formula is C15H19NO5S. The maximum absolute atomic E-state index is 12.3. The number of aryl methyl sites for hydroxylation is 1. The molecule has 1 saturated carbocycles. The molecule has 0 radical (unpaired) electrons. The fourth-order valence-electron chi connectivity index (χ4n) is 2.80. The smallest absolute Gasteiger partial charge is 0.329 e. The Balaban J connectivity index is 2.33. The van der Waals surface area contributed by atoms with Crippen molar-refractivity contribution in [2.75, 3.05) is 6.26 Å². The lowest BCUT2D eigenvalue weighted by atomic mass is 9.97. The summed E-state index contributed by atoms with van der Waals surface area (Å²) in [7, 11) is -3.44. The van der Waals surface area contributed by atoms with Crippen molar-refractivity contribution in [2.24, 2.45) is 0 Å². The van der Waals surface area contributed by atoms with Crippen LogP contribution >= 0.6 is 0 Å². The van der Waals surface area contributed by atoms with E-state index < -0.39 is 27.3 Å². The highest BCUT2D eigenvalue weighted by Gasteiger charge is 2.42. The number of sulfone groups is 1. The van der Waals surface area contributed by atoms with Crippen LogP contribution in [0.25, 0.3) is 0 Å². The van der Waals surface area contributed by atoms with E-state index in [0.29, 0.717) is 18.4 Å². The number of carboxylic acid groups (broad SMARTS) is 1. The Labute approximate surface area is 129 Å². The monoisotopic (exact) mass is 325 g/mol. The molecule has 0 heterocycles. The van der Waals surface area contributed by atoms with Crippen molar-refractivity contribution in [1.82, 2.24) is 5.32 Å². The van der Waals surface area contributed by atoms with Gasteiger partial charge in [-0.3, -0.25) is 4.79 Å². The molecule has 0 unspecified atom stereocenters. The van der Waals surface area contributed by atoms with Gasteiger partial charge >= 0.3 is 5.97 Å². The van der Waals surface area contributed by atoms with Crippen LogP contribution in [-0.4, -0.2) is 37.2 Å². The molecule has 120 valence electrons. The number of nitrogens with one attached hydrogen (secondary N) is 1. The van der Waals surface area contributed by atoms with Crippen LogP contribution in [0, 0.1) is 6.92 Å². The summed E-state index contributed by atoms with van der Waals surface area (Å²) >= 11 is 0. The Morgan fingerprint density at radius 1 is 1.23 bits per heavy atom. The maximum Gasteiger partial charge on any atom is 0.329 e. The number of hydrogen-bond donors (Lipinski definition) is 2. The van der Waals surface area contributed by atoms with Crippen molar-refractivity contribution in [1.29, 1.82) is 0 Å². The first-order valence-electron chi connectivity index (χ1n) is 7.02. The second-order valence-corrected chi connectivity index (χ2v) is 7.79. The molecule has 0 bridgehead atoms. The van der Waals surface area contributed by atoms with E-state index in [1.54, 1.807) is 13.0 Å². The molecule has 1 aliphatic carbocycles. The largest absolute Gasteiger partial charge is 0.480 e. The van der Waals surface area contributed by atoms with Gasteiger partial charge in [0.25, 0.3) is 5.91 Å². The van der Waals surface area contributed by atoms with Crippen LogP contribution in [0.3, 0.4) is 0 Å². The number of carbonyl (C=O) groups is 2. The van der Waals surface area contributed by atoms with Crippen LogP contribution in [0.15, 0.2) is 23.1 Å². The zero-order chi connectivity index (χ0) is 16.5. The van der Waals surface area contributed by atoms with E-state index in [4.69, 9.17) is 0 Å². The van der Waals surface area contributed by atoms with Gasteiger partial charge < -0.3 is 10.4 Å². The number of carboxylic acids is 1. The van der Waals surface area contributed by atoms with Gasteiger partial charge in [0, 0.05) is 11.8 Å². The van der Waals surface area contributed by atoms with Crippen molar-refractivity contribution < 1.29 is 23.1 Å². The predicted molar refractivity (Wildman–Crippen MR) is 80.6 cm³/mol. The Hall–Kier alpha value is -1.89. The average molecular weight is 325 g/mol. The molecule has 0 atom stereocenters. The first-order chi connectivity index (χ1) is 10.2. The zero-order valence-electron chi connectivity index (χ0n) is 12.5. The Morgan fingerprint density at radius 3 is 2.32 bits per heavy atom. The topological polar surface area (TPSA) is 101 Å². The van der Waals surface area contributed by atoms with Crippen molar-refractivity contribution in [3.05, 3.63) is 29.3 Å². The normalized spacial score (nSPS) is 17.2. The van der Waals surface area contributed by atoms with Crippen LogP contribution in [0.2, 0.25) is 0 Å². The molecule has 1 aromatic rings. The summed E-state index contributed by atoms with van der Waals surface area (Å²) in [5.74, 6) is -1.61. The van der Waals surface area contributed by atoms with Crippen LogP contribution in [0.4, 0.5) is 0 Å². The second kappa shape index (κ2) is 5.72. The van der Waals surface area contributed by atoms with E-state index in [-0.39, 0.29) is 10.5 Å². The highest BCUT2D eigenvalue weighted by Crippen LogP contribution is 2.30. The molecule has 6 nitrogen and oxygen atoms in total. The highest BCUT2D eigenvalue weighted by atomic mass is 32.2. The highest BCUT2D eigenvalue weighted by molar-refractivity contribution is 7.90. The van der Waals surface area contributed by atoms with Crippen molar-refractivity contribution in [3.63, 3.8) is 0 Å². The number of rotatable bonds is 4. The maximum atomic E-state index is 12.3. The van der Waals surface area contributed by atoms with E-state index >= 15 is 0 Å². The molecule has 0 aromatic heterocycles. The van der Waals surface area contributed by atoms with Crippen LogP contribution in [0.5, 0.6) is 0 Å². The van der Waals surface area contributed by atoms with Gasteiger partial charge in [0.1, 0.15) is 5.54 Å². The molecule has 1 fully saturated rings. The first kappa shape index (κ1) is 16.5. The summed E-state index contributed by atoms with van der Waals surface area (Å²) < 4.78 is 23.4. The summed E-state index contributed by atoms with van der Waals surface area (Å²) in [6.07, 6.45) is 3.34. The number of hydrogen-bond acceptors (Lipinski definition) is 4. The number of amides is 1. The molecule has 7 heteroatoms. The first-order valence-corrected chi connectivity index (χ1v) is 8.91. The minimum atomic E-state index is -3.44. The summed E-state index contributed by atoms with van der Waals surface area (Å²) in [6, 6.07) is 4.35. The summed E-state index contributed by atoms with van der Waals surface area (Å²) in [6.45, 7) is 1.65. The van der Waals surface area contributed by atoms with Crippen LogP contribution in [0.1, 0.15) is 41.6 Å². The molecule has 1 amide bonds. The second-order valence-electron chi connectivity index (χ2n) is 5.80. The third-order valence-corrected chi connectivity index (χ3v) is 5.31. The van der Waals surface area contributed by atoms with Gasteiger partial charge in [0.15, 0.2) is 9.84 Å². The summed E-state index contributed by atoms with van der Waals surface area (Å²) in [5.41, 5.74) is -0.542. The van der Waals surface area contributed by atoms with Gasteiger partial charge in [-0.1, -0.05) is 18.9 Å². The van der Waals surface area contributed by atoms with Gasteiger partial charge in [0.05, 0.1) is 4.90 Å². The van der Waals surface area contributed by atoms with Gasteiger partial charge in [-0.05, 0) is 37.5 Å². The van der Waals surface area contributed by atoms with E-state index in [1.807, 2.05) is 0 Å². The van der Waals surface area contributed by atoms with Crippen LogP contribution < -0.4 is 5.32 Å². The van der Waals surface area contributed by atoms with Gasteiger partial charge in [0.2, 0.25) is 0 Å². The zero-order valence-corrected chi connectivity index (χ0v) is 13.4. The summed E-state index contributed by atoms with van der Waals surface area (Å²) in [5, 5.41) is 11.9. The van der Waals surface area contributed by atoms with E-state index in [9.17, 15) is 23.1 Å². The lowest BCUT2D eigenvalue weighted by Crippen LogP contribution is -2.52. The SMILES string of the molecule is Cc1ccc(C(=O)NC2(C(=O)O)CCCC2)cc1S(C)(=O)=O. The molecule has 1 aliphatic rings. The Kier molecular flexibility index (Phi) is 4.28. The Bertz CT molecular complexity index is 717. The third kappa shape index (κ3) is 3.14. The molecule has 0 spiro atoms. The molecule has 22 heavy (non-hydrogen) atoms. The summed E-state index contributed by atoms with van der Waals surface area (Å²) in [4.78, 5) is 23.9. The molecular weight excluding hydrogens is 306 g/mol. The average Bonchev–Trinajstić information content (AvgIpc) is 2.87. The van der Waals surface area contributed by atoms with E-state index in [2.05, 4.69) is 5.32 Å². The Morgan fingerprint density at radius 2 is 1.82 bits per heavy atom. The van der Waals surface area contributed by atoms with Gasteiger partial charge in [-0.15, -0.1) is 0 Å². The number of carbonyl (C=O) groups excluding carboxylic acids is 1. The molecule has 1 aromatic carbocycles. The van der Waals surface area contributed by atoms with Crippen molar-refractivity contribution >= 4 is 21.7 Å². The fourth-order valence-corrected chi connectivity index (χ4v) is 3.80. The third-order valence-electron chi connectivity index (χ3n) is 4.07. The molecule has 0 saturated heterocycles. The lowest BCUT2D eigenvalue weighted by molar-refractivity contribution is -0.144. The fraction of sp³-hybridized carbons (Fsp3) is 0.467. The lowest BCUT2D eigenvalue weighted by Gasteiger charge is -2.25. The minimum Gasteiger partial charge on any atom is -0.480 e. The standard InChI is InChI=1S/C15H19NO5S/c1-10-5-6-11(9-12(10)22(2,20)21)13(17)16-15(14(18)19)7-3-4-8-15/h5-6,9H,3-4,7-8H2,1-2H3,(H,16,17)(H,18,19). The van der Waals surface area contributed by atoms with E-state index in [0.717, 1.165) is 19.1 Å². The molecule has 2 N–H and O–H groups in total.